The third kappa shape index (κ3) is 6.89. The molecule has 0 atom stereocenters. The maximum Gasteiger partial charge on any atom is 0.405 e. The number of urea groups is 1. The third-order valence-corrected chi connectivity index (χ3v) is 1.91. The zero-order valence-electron chi connectivity index (χ0n) is 10.4. The van der Waals surface area contributed by atoms with E-state index in [-0.39, 0.29) is 5.69 Å². The lowest BCUT2D eigenvalue weighted by Gasteiger charge is -2.09. The minimum Gasteiger partial charge on any atom is -0.451 e. The summed E-state index contributed by atoms with van der Waals surface area (Å²) in [7, 11) is 0. The molecule has 1 heterocycles. The highest BCUT2D eigenvalue weighted by atomic mass is 19.4. The number of nitrogens with one attached hydrogen (secondary N) is 2. The maximum atomic E-state index is 11.8. The molecule has 0 bridgehead atoms. The van der Waals surface area contributed by atoms with E-state index in [9.17, 15) is 27.6 Å². The first-order valence-corrected chi connectivity index (χ1v) is 5.50. The molecule has 3 amide bonds. The molecular weight excluding hydrogens is 295 g/mol. The Morgan fingerprint density at radius 1 is 1.24 bits per heavy atom. The summed E-state index contributed by atoms with van der Waals surface area (Å²) in [5.41, 5.74) is -0.0492. The van der Waals surface area contributed by atoms with E-state index in [0.717, 1.165) is 0 Å². The molecule has 0 saturated carbocycles. The van der Waals surface area contributed by atoms with Crippen molar-refractivity contribution in [2.24, 2.45) is 0 Å². The monoisotopic (exact) mass is 305 g/mol. The number of imide groups is 1. The molecule has 0 fully saturated rings. The minimum absolute atomic E-state index is 0.0492. The fourth-order valence-electron chi connectivity index (χ4n) is 1.08. The number of rotatable bonds is 4. The Morgan fingerprint density at radius 3 is 2.52 bits per heavy atom. The van der Waals surface area contributed by atoms with Crippen molar-refractivity contribution in [2.75, 3.05) is 13.2 Å². The van der Waals surface area contributed by atoms with Crippen LogP contribution in [0.3, 0.4) is 0 Å². The van der Waals surface area contributed by atoms with E-state index in [1.165, 1.54) is 23.6 Å². The first-order valence-electron chi connectivity index (χ1n) is 5.50. The number of aromatic nitrogens is 1. The number of carbonyl (C=O) groups excluding carboxylic acids is 3. The van der Waals surface area contributed by atoms with E-state index >= 15 is 0 Å². The van der Waals surface area contributed by atoms with E-state index in [0.29, 0.717) is 0 Å². The molecule has 0 radical (unpaired) electrons. The van der Waals surface area contributed by atoms with Crippen molar-refractivity contribution in [1.29, 1.82) is 0 Å². The molecule has 21 heavy (non-hydrogen) atoms. The molecule has 7 nitrogen and oxygen atoms in total. The van der Waals surface area contributed by atoms with Crippen LogP contribution in [0.4, 0.5) is 18.0 Å². The van der Waals surface area contributed by atoms with E-state index in [4.69, 9.17) is 0 Å². The molecule has 0 unspecified atom stereocenters. The van der Waals surface area contributed by atoms with Crippen molar-refractivity contribution in [1.82, 2.24) is 15.6 Å². The zero-order chi connectivity index (χ0) is 15.9. The molecule has 0 aliphatic carbocycles. The standard InChI is InChI=1S/C11H10F3N3O4/c12-11(13,14)6-16-10(20)17-8(18)5-21-9(19)7-3-1-2-4-15-7/h1-4H,5-6H2,(H2,16,17,18,20). The summed E-state index contributed by atoms with van der Waals surface area (Å²) < 4.78 is 39.9. The van der Waals surface area contributed by atoms with E-state index in [1.54, 1.807) is 11.4 Å². The van der Waals surface area contributed by atoms with Gasteiger partial charge < -0.3 is 10.1 Å². The van der Waals surface area contributed by atoms with Crippen LogP contribution in [0.2, 0.25) is 0 Å². The number of pyridine rings is 1. The summed E-state index contributed by atoms with van der Waals surface area (Å²) in [5.74, 6) is -1.97. The molecule has 0 aliphatic heterocycles. The van der Waals surface area contributed by atoms with Gasteiger partial charge in [-0.25, -0.2) is 14.6 Å². The fraction of sp³-hybridized carbons (Fsp3) is 0.273. The number of hydrogen-bond acceptors (Lipinski definition) is 5. The summed E-state index contributed by atoms with van der Waals surface area (Å²) in [5, 5.41) is 3.00. The Morgan fingerprint density at radius 2 is 1.95 bits per heavy atom. The van der Waals surface area contributed by atoms with E-state index in [2.05, 4.69) is 9.72 Å². The number of esters is 1. The van der Waals surface area contributed by atoms with Crippen LogP contribution in [-0.2, 0) is 9.53 Å². The summed E-state index contributed by atoms with van der Waals surface area (Å²) in [4.78, 5) is 37.1. The zero-order valence-corrected chi connectivity index (χ0v) is 10.4. The second-order valence-corrected chi connectivity index (χ2v) is 3.64. The van der Waals surface area contributed by atoms with E-state index < -0.39 is 37.2 Å². The van der Waals surface area contributed by atoms with Crippen LogP contribution in [0.15, 0.2) is 24.4 Å². The van der Waals surface area contributed by atoms with Gasteiger partial charge >= 0.3 is 18.2 Å². The smallest absolute Gasteiger partial charge is 0.405 e. The highest BCUT2D eigenvalue weighted by Gasteiger charge is 2.28. The second-order valence-electron chi connectivity index (χ2n) is 3.64. The van der Waals surface area contributed by atoms with Gasteiger partial charge in [-0.05, 0) is 12.1 Å². The number of ether oxygens (including phenoxy) is 1. The van der Waals surface area contributed by atoms with Gasteiger partial charge in [-0.3, -0.25) is 10.1 Å². The fourth-order valence-corrected chi connectivity index (χ4v) is 1.08. The van der Waals surface area contributed by atoms with Crippen molar-refractivity contribution >= 4 is 17.9 Å². The summed E-state index contributed by atoms with van der Waals surface area (Å²) in [6.07, 6.45) is -3.26. The highest BCUT2D eigenvalue weighted by molar-refractivity contribution is 5.96. The number of carbonyl (C=O) groups is 3. The molecule has 1 aromatic rings. The summed E-state index contributed by atoms with van der Waals surface area (Å²) >= 11 is 0. The number of hydrogen-bond donors (Lipinski definition) is 2. The second kappa shape index (κ2) is 7.22. The predicted molar refractivity (Wildman–Crippen MR) is 62.1 cm³/mol. The molecular formula is C11H10F3N3O4. The van der Waals surface area contributed by atoms with Crippen molar-refractivity contribution < 1.29 is 32.3 Å². The third-order valence-electron chi connectivity index (χ3n) is 1.91. The Labute approximate surface area is 116 Å². The Bertz CT molecular complexity index is 519. The van der Waals surface area contributed by atoms with Crippen LogP contribution in [-0.4, -0.2) is 42.2 Å². The maximum absolute atomic E-state index is 11.8. The lowest BCUT2D eigenvalue weighted by Crippen LogP contribution is -2.44. The SMILES string of the molecule is O=C(COC(=O)c1ccccn1)NC(=O)NCC(F)(F)F. The molecule has 1 aromatic heterocycles. The molecule has 0 spiro atoms. The van der Waals surface area contributed by atoms with Crippen molar-refractivity contribution in [3.63, 3.8) is 0 Å². The lowest BCUT2D eigenvalue weighted by molar-refractivity contribution is -0.125. The molecule has 2 N–H and O–H groups in total. The Kier molecular flexibility index (Phi) is 5.64. The molecule has 0 aliphatic rings. The van der Waals surface area contributed by atoms with Crippen LogP contribution in [0, 0.1) is 0 Å². The summed E-state index contributed by atoms with van der Waals surface area (Å²) in [6, 6.07) is 3.09. The highest BCUT2D eigenvalue weighted by Crippen LogP contribution is 2.11. The van der Waals surface area contributed by atoms with Crippen LogP contribution < -0.4 is 10.6 Å². The van der Waals surface area contributed by atoms with Gasteiger partial charge in [0.25, 0.3) is 5.91 Å². The first kappa shape index (κ1) is 16.4. The average molecular weight is 305 g/mol. The van der Waals surface area contributed by atoms with Gasteiger partial charge in [0.15, 0.2) is 6.61 Å². The topological polar surface area (TPSA) is 97.4 Å². The average Bonchev–Trinajstić information content (AvgIpc) is 2.43. The number of nitrogens with zero attached hydrogens (tertiary/aromatic N) is 1. The van der Waals surface area contributed by atoms with Crippen molar-refractivity contribution in [3.05, 3.63) is 30.1 Å². The molecule has 1 rings (SSSR count). The van der Waals surface area contributed by atoms with Gasteiger partial charge in [0, 0.05) is 6.20 Å². The van der Waals surface area contributed by atoms with Gasteiger partial charge in [0.05, 0.1) is 0 Å². The molecule has 0 saturated heterocycles. The van der Waals surface area contributed by atoms with Gasteiger partial charge in [-0.1, -0.05) is 6.07 Å². The van der Waals surface area contributed by atoms with Crippen LogP contribution in [0.1, 0.15) is 10.5 Å². The van der Waals surface area contributed by atoms with E-state index in [1.807, 2.05) is 0 Å². The molecule has 0 aromatic carbocycles. The van der Waals surface area contributed by atoms with Crippen LogP contribution in [0.5, 0.6) is 0 Å². The van der Waals surface area contributed by atoms with Gasteiger partial charge in [-0.2, -0.15) is 13.2 Å². The van der Waals surface area contributed by atoms with Crippen LogP contribution in [0.25, 0.3) is 0 Å². The lowest BCUT2D eigenvalue weighted by atomic mass is 10.3. The quantitative estimate of drug-likeness (QED) is 0.795. The minimum atomic E-state index is -4.59. The first-order chi connectivity index (χ1) is 9.78. The summed E-state index contributed by atoms with van der Waals surface area (Å²) in [6.45, 7) is -2.41. The molecule has 114 valence electrons. The Balaban J connectivity index is 2.31. The largest absolute Gasteiger partial charge is 0.451 e. The van der Waals surface area contributed by atoms with Gasteiger partial charge in [0.1, 0.15) is 12.2 Å². The van der Waals surface area contributed by atoms with Crippen molar-refractivity contribution in [2.45, 2.75) is 6.18 Å². The Hall–Kier alpha value is -2.65. The normalized spacial score (nSPS) is 10.6. The number of amides is 3. The number of halogens is 3. The van der Waals surface area contributed by atoms with Gasteiger partial charge in [0.2, 0.25) is 0 Å². The number of alkyl halides is 3. The molecule has 10 heteroatoms. The van der Waals surface area contributed by atoms with Crippen LogP contribution >= 0.6 is 0 Å². The van der Waals surface area contributed by atoms with Crippen molar-refractivity contribution in [3.8, 4) is 0 Å². The predicted octanol–water partition coefficient (Wildman–Crippen LogP) is 0.626. The van der Waals surface area contributed by atoms with Gasteiger partial charge in [-0.15, -0.1) is 0 Å².